The Hall–Kier alpha value is -0.0800. The van der Waals surface area contributed by atoms with Gasteiger partial charge in [-0.05, 0) is 38.9 Å². The van der Waals surface area contributed by atoms with Crippen molar-refractivity contribution in [2.45, 2.75) is 45.7 Å². The Morgan fingerprint density at radius 3 is 2.23 bits per heavy atom. The van der Waals surface area contributed by atoms with E-state index in [1.54, 1.807) is 0 Å². The van der Waals surface area contributed by atoms with Gasteiger partial charge in [0.15, 0.2) is 0 Å². The maximum atomic E-state index is 3.60. The van der Waals surface area contributed by atoms with E-state index in [2.05, 4.69) is 45.1 Å². The van der Waals surface area contributed by atoms with E-state index >= 15 is 0 Å². The second-order valence-electron chi connectivity index (χ2n) is 5.48. The molecule has 2 nitrogen and oxygen atoms in total. The van der Waals surface area contributed by atoms with Crippen LogP contribution in [0, 0.1) is 5.41 Å². The summed E-state index contributed by atoms with van der Waals surface area (Å²) in [6, 6.07) is 1.34. The van der Waals surface area contributed by atoms with Gasteiger partial charge in [-0.15, -0.1) is 0 Å². The van der Waals surface area contributed by atoms with Gasteiger partial charge in [0.25, 0.3) is 0 Å². The molecule has 0 aliphatic carbocycles. The van der Waals surface area contributed by atoms with Crippen LogP contribution in [0.25, 0.3) is 0 Å². The van der Waals surface area contributed by atoms with Gasteiger partial charge in [-0.2, -0.15) is 0 Å². The van der Waals surface area contributed by atoms with Gasteiger partial charge in [-0.3, -0.25) is 0 Å². The molecule has 1 aliphatic rings. The molecule has 0 radical (unpaired) electrons. The Bertz CT molecular complexity index is 152. The predicted octanol–water partition coefficient (Wildman–Crippen LogP) is 1.71. The van der Waals surface area contributed by atoms with Crippen LogP contribution in [0.3, 0.4) is 0 Å². The van der Waals surface area contributed by atoms with Gasteiger partial charge in [-0.1, -0.05) is 20.8 Å². The summed E-state index contributed by atoms with van der Waals surface area (Å²) < 4.78 is 0. The third kappa shape index (κ3) is 2.68. The minimum absolute atomic E-state index is 0.367. The average molecular weight is 184 g/mol. The van der Waals surface area contributed by atoms with Crippen molar-refractivity contribution in [1.29, 1.82) is 0 Å². The first kappa shape index (κ1) is 11.0. The van der Waals surface area contributed by atoms with Crippen molar-refractivity contribution in [2.24, 2.45) is 5.41 Å². The molecule has 13 heavy (non-hydrogen) atoms. The fourth-order valence-corrected chi connectivity index (χ4v) is 2.72. The fourth-order valence-electron chi connectivity index (χ4n) is 2.72. The maximum Gasteiger partial charge on any atom is 0.0291 e. The normalized spacial score (nSPS) is 26.8. The van der Waals surface area contributed by atoms with Crippen molar-refractivity contribution < 1.29 is 0 Å². The van der Waals surface area contributed by atoms with Crippen LogP contribution in [0.1, 0.15) is 33.6 Å². The topological polar surface area (TPSA) is 15.3 Å². The molecule has 1 fully saturated rings. The van der Waals surface area contributed by atoms with E-state index in [0.717, 1.165) is 0 Å². The largest absolute Gasteiger partial charge is 0.312 e. The lowest BCUT2D eigenvalue weighted by Crippen LogP contribution is -2.51. The monoisotopic (exact) mass is 184 g/mol. The van der Waals surface area contributed by atoms with Gasteiger partial charge in [0, 0.05) is 12.1 Å². The zero-order valence-electron chi connectivity index (χ0n) is 9.72. The molecule has 0 bridgehead atoms. The highest BCUT2D eigenvalue weighted by molar-refractivity contribution is 4.93. The van der Waals surface area contributed by atoms with Crippen LogP contribution in [-0.4, -0.2) is 37.6 Å². The number of nitrogens with zero attached hydrogens (tertiary/aromatic N) is 1. The molecule has 1 saturated heterocycles. The molecule has 2 atom stereocenters. The molecule has 0 saturated carbocycles. The van der Waals surface area contributed by atoms with Crippen LogP contribution >= 0.6 is 0 Å². The van der Waals surface area contributed by atoms with Gasteiger partial charge in [0.05, 0.1) is 0 Å². The van der Waals surface area contributed by atoms with E-state index in [9.17, 15) is 0 Å². The van der Waals surface area contributed by atoms with Crippen molar-refractivity contribution in [3.8, 4) is 0 Å². The Balaban J connectivity index is 2.67. The highest BCUT2D eigenvalue weighted by Crippen LogP contribution is 2.28. The molecule has 1 N–H and O–H groups in total. The van der Waals surface area contributed by atoms with Crippen molar-refractivity contribution in [1.82, 2.24) is 10.2 Å². The quantitative estimate of drug-likeness (QED) is 0.703. The zero-order valence-corrected chi connectivity index (χ0v) is 9.72. The van der Waals surface area contributed by atoms with Crippen LogP contribution in [0.5, 0.6) is 0 Å². The summed E-state index contributed by atoms with van der Waals surface area (Å²) >= 11 is 0. The van der Waals surface area contributed by atoms with E-state index in [4.69, 9.17) is 0 Å². The second-order valence-corrected chi connectivity index (χ2v) is 5.48. The minimum atomic E-state index is 0.367. The second kappa shape index (κ2) is 3.97. The number of rotatable bonds is 2. The Morgan fingerprint density at radius 1 is 1.31 bits per heavy atom. The number of hydrogen-bond acceptors (Lipinski definition) is 2. The first-order valence-corrected chi connectivity index (χ1v) is 5.33. The summed E-state index contributed by atoms with van der Waals surface area (Å²) in [5, 5.41) is 3.60. The standard InChI is InChI=1S/C11H24N2/c1-11(2,3)10(13(4)5)9-7-6-8-12-9/h9-10,12H,6-8H2,1-5H3. The van der Waals surface area contributed by atoms with E-state index in [1.807, 2.05) is 0 Å². The third-order valence-corrected chi connectivity index (χ3v) is 2.92. The van der Waals surface area contributed by atoms with E-state index < -0.39 is 0 Å². The Morgan fingerprint density at radius 2 is 1.92 bits per heavy atom. The molecule has 2 heteroatoms. The summed E-state index contributed by atoms with van der Waals surface area (Å²) in [6.07, 6.45) is 2.67. The summed E-state index contributed by atoms with van der Waals surface area (Å²) in [6.45, 7) is 8.19. The highest BCUT2D eigenvalue weighted by atomic mass is 15.2. The van der Waals surface area contributed by atoms with E-state index in [0.29, 0.717) is 17.5 Å². The molecule has 1 heterocycles. The lowest BCUT2D eigenvalue weighted by molar-refractivity contribution is 0.117. The molecular formula is C11H24N2. The fraction of sp³-hybridized carbons (Fsp3) is 1.00. The van der Waals surface area contributed by atoms with Crippen molar-refractivity contribution in [3.05, 3.63) is 0 Å². The van der Waals surface area contributed by atoms with Gasteiger partial charge in [0.2, 0.25) is 0 Å². The molecule has 1 rings (SSSR count). The molecule has 2 unspecified atom stereocenters. The summed E-state index contributed by atoms with van der Waals surface area (Å²) in [5.41, 5.74) is 0.367. The smallest absolute Gasteiger partial charge is 0.0291 e. The zero-order chi connectivity index (χ0) is 10.1. The summed E-state index contributed by atoms with van der Waals surface area (Å²) in [7, 11) is 4.38. The number of nitrogens with one attached hydrogen (secondary N) is 1. The highest BCUT2D eigenvalue weighted by Gasteiger charge is 2.34. The van der Waals surface area contributed by atoms with E-state index in [1.165, 1.54) is 19.4 Å². The predicted molar refractivity (Wildman–Crippen MR) is 58.0 cm³/mol. The number of hydrogen-bond donors (Lipinski definition) is 1. The van der Waals surface area contributed by atoms with Gasteiger partial charge < -0.3 is 10.2 Å². The number of likely N-dealkylation sites (N-methyl/N-ethyl adjacent to an activating group) is 1. The summed E-state index contributed by atoms with van der Waals surface area (Å²) in [5.74, 6) is 0. The first-order valence-electron chi connectivity index (χ1n) is 5.33. The molecule has 1 aliphatic heterocycles. The summed E-state index contributed by atoms with van der Waals surface area (Å²) in [4.78, 5) is 2.36. The third-order valence-electron chi connectivity index (χ3n) is 2.92. The van der Waals surface area contributed by atoms with Crippen LogP contribution < -0.4 is 5.32 Å². The van der Waals surface area contributed by atoms with Gasteiger partial charge in [-0.25, -0.2) is 0 Å². The lowest BCUT2D eigenvalue weighted by Gasteiger charge is -2.40. The molecule has 0 spiro atoms. The van der Waals surface area contributed by atoms with Crippen molar-refractivity contribution in [3.63, 3.8) is 0 Å². The average Bonchev–Trinajstić information content (AvgIpc) is 2.34. The molecule has 0 aromatic rings. The van der Waals surface area contributed by atoms with Crippen LogP contribution in [-0.2, 0) is 0 Å². The van der Waals surface area contributed by atoms with Crippen molar-refractivity contribution >= 4 is 0 Å². The van der Waals surface area contributed by atoms with Gasteiger partial charge >= 0.3 is 0 Å². The SMILES string of the molecule is CN(C)C(C1CCCN1)C(C)(C)C. The van der Waals surface area contributed by atoms with Crippen LogP contribution in [0.15, 0.2) is 0 Å². The Kier molecular flexibility index (Phi) is 3.36. The maximum absolute atomic E-state index is 3.60. The molecule has 0 aromatic carbocycles. The minimum Gasteiger partial charge on any atom is -0.312 e. The van der Waals surface area contributed by atoms with Crippen molar-refractivity contribution in [2.75, 3.05) is 20.6 Å². The first-order chi connectivity index (χ1) is 5.93. The van der Waals surface area contributed by atoms with Crippen LogP contribution in [0.4, 0.5) is 0 Å². The molecular weight excluding hydrogens is 160 g/mol. The van der Waals surface area contributed by atoms with E-state index in [-0.39, 0.29) is 0 Å². The van der Waals surface area contributed by atoms with Crippen LogP contribution in [0.2, 0.25) is 0 Å². The Labute approximate surface area is 82.7 Å². The molecule has 0 aromatic heterocycles. The molecule has 0 amide bonds. The van der Waals surface area contributed by atoms with Gasteiger partial charge in [0.1, 0.15) is 0 Å². The molecule has 78 valence electrons. The lowest BCUT2D eigenvalue weighted by atomic mass is 9.81.